The quantitative estimate of drug-likeness (QED) is 0.868. The standard InChI is InChI=1S/C15H20N2O/c18-13-4-3-8-17(11-13)9-7-12-10-16-15-6-2-1-5-14(12)15/h1-2,5-6,10,13,16,18H,3-4,7-9,11H2. The first-order valence-corrected chi connectivity index (χ1v) is 6.78. The van der Waals surface area contributed by atoms with Crippen LogP contribution < -0.4 is 0 Å². The Morgan fingerprint density at radius 3 is 3.11 bits per heavy atom. The van der Waals surface area contributed by atoms with Crippen LogP contribution in [0.2, 0.25) is 0 Å². The van der Waals surface area contributed by atoms with Crippen LogP contribution in [0.1, 0.15) is 18.4 Å². The molecule has 1 aromatic carbocycles. The van der Waals surface area contributed by atoms with Crippen molar-refractivity contribution in [1.82, 2.24) is 9.88 Å². The average Bonchev–Trinajstić information content (AvgIpc) is 2.80. The molecule has 1 atom stereocenters. The molecule has 1 unspecified atom stereocenters. The normalized spacial score (nSPS) is 21.5. The van der Waals surface area contributed by atoms with E-state index in [-0.39, 0.29) is 6.10 Å². The van der Waals surface area contributed by atoms with E-state index in [0.29, 0.717) is 0 Å². The van der Waals surface area contributed by atoms with Crippen LogP contribution in [-0.4, -0.2) is 40.7 Å². The fourth-order valence-corrected chi connectivity index (χ4v) is 2.85. The molecule has 1 aliphatic heterocycles. The molecule has 0 aliphatic carbocycles. The molecule has 18 heavy (non-hydrogen) atoms. The minimum absolute atomic E-state index is 0.123. The van der Waals surface area contributed by atoms with Crippen molar-refractivity contribution in [2.45, 2.75) is 25.4 Å². The highest BCUT2D eigenvalue weighted by atomic mass is 16.3. The number of para-hydroxylation sites is 1. The lowest BCUT2D eigenvalue weighted by atomic mass is 10.1. The van der Waals surface area contributed by atoms with Gasteiger partial charge in [0.05, 0.1) is 6.10 Å². The van der Waals surface area contributed by atoms with Crippen molar-refractivity contribution < 1.29 is 5.11 Å². The van der Waals surface area contributed by atoms with Crippen molar-refractivity contribution in [2.75, 3.05) is 19.6 Å². The minimum atomic E-state index is -0.123. The molecule has 1 saturated heterocycles. The summed E-state index contributed by atoms with van der Waals surface area (Å²) in [6.07, 6.45) is 5.13. The number of rotatable bonds is 3. The number of hydrogen-bond donors (Lipinski definition) is 2. The summed E-state index contributed by atoms with van der Waals surface area (Å²) in [5, 5.41) is 11.0. The van der Waals surface area contributed by atoms with Crippen molar-refractivity contribution in [1.29, 1.82) is 0 Å². The van der Waals surface area contributed by atoms with E-state index in [0.717, 1.165) is 38.9 Å². The van der Waals surface area contributed by atoms with Crippen molar-refractivity contribution >= 4 is 10.9 Å². The number of aromatic nitrogens is 1. The van der Waals surface area contributed by atoms with Gasteiger partial charge in [0.15, 0.2) is 0 Å². The molecule has 3 rings (SSSR count). The molecule has 0 saturated carbocycles. The highest BCUT2D eigenvalue weighted by Crippen LogP contribution is 2.19. The number of aliphatic hydroxyl groups excluding tert-OH is 1. The Morgan fingerprint density at radius 2 is 2.22 bits per heavy atom. The zero-order valence-electron chi connectivity index (χ0n) is 10.6. The van der Waals surface area contributed by atoms with Gasteiger partial charge in [-0.15, -0.1) is 0 Å². The van der Waals surface area contributed by atoms with Gasteiger partial charge in [-0.25, -0.2) is 0 Å². The minimum Gasteiger partial charge on any atom is -0.392 e. The van der Waals surface area contributed by atoms with Gasteiger partial charge in [0.2, 0.25) is 0 Å². The van der Waals surface area contributed by atoms with Crippen LogP contribution in [0.4, 0.5) is 0 Å². The van der Waals surface area contributed by atoms with Crippen LogP contribution in [-0.2, 0) is 6.42 Å². The number of likely N-dealkylation sites (tertiary alicyclic amines) is 1. The van der Waals surface area contributed by atoms with Gasteiger partial charge in [-0.05, 0) is 37.4 Å². The molecular weight excluding hydrogens is 224 g/mol. The maximum absolute atomic E-state index is 9.66. The molecule has 2 heterocycles. The number of aromatic amines is 1. The highest BCUT2D eigenvalue weighted by molar-refractivity contribution is 5.83. The van der Waals surface area contributed by atoms with Crippen LogP contribution in [0.5, 0.6) is 0 Å². The maximum Gasteiger partial charge on any atom is 0.0667 e. The van der Waals surface area contributed by atoms with E-state index >= 15 is 0 Å². The van der Waals surface area contributed by atoms with Crippen molar-refractivity contribution in [3.63, 3.8) is 0 Å². The Balaban J connectivity index is 1.66. The second-order valence-corrected chi connectivity index (χ2v) is 5.21. The van der Waals surface area contributed by atoms with E-state index in [9.17, 15) is 5.11 Å². The third-order valence-electron chi connectivity index (χ3n) is 3.85. The van der Waals surface area contributed by atoms with E-state index < -0.39 is 0 Å². The summed E-state index contributed by atoms with van der Waals surface area (Å²) in [6, 6.07) is 8.43. The zero-order chi connectivity index (χ0) is 12.4. The molecule has 0 radical (unpaired) electrons. The van der Waals surface area contributed by atoms with Gasteiger partial charge in [0, 0.05) is 30.2 Å². The topological polar surface area (TPSA) is 39.3 Å². The summed E-state index contributed by atoms with van der Waals surface area (Å²) in [4.78, 5) is 5.69. The number of benzene rings is 1. The first kappa shape index (κ1) is 11.8. The van der Waals surface area contributed by atoms with Crippen LogP contribution in [0, 0.1) is 0 Å². The third kappa shape index (κ3) is 2.42. The monoisotopic (exact) mass is 244 g/mol. The number of H-pyrrole nitrogens is 1. The van der Waals surface area contributed by atoms with E-state index in [2.05, 4.69) is 40.3 Å². The Labute approximate surface area is 107 Å². The van der Waals surface area contributed by atoms with Crippen LogP contribution >= 0.6 is 0 Å². The predicted octanol–water partition coefficient (Wildman–Crippen LogP) is 2.17. The molecule has 96 valence electrons. The van der Waals surface area contributed by atoms with E-state index in [1.165, 1.54) is 16.5 Å². The number of piperidine rings is 1. The SMILES string of the molecule is OC1CCCN(CCc2c[nH]c3ccccc23)C1. The molecular formula is C15H20N2O. The molecule has 2 N–H and O–H groups in total. The van der Waals surface area contributed by atoms with Gasteiger partial charge in [-0.1, -0.05) is 18.2 Å². The summed E-state index contributed by atoms with van der Waals surface area (Å²) < 4.78 is 0. The largest absolute Gasteiger partial charge is 0.392 e. The molecule has 1 fully saturated rings. The Kier molecular flexibility index (Phi) is 3.35. The molecule has 0 amide bonds. The predicted molar refractivity (Wildman–Crippen MR) is 73.7 cm³/mol. The van der Waals surface area contributed by atoms with Crippen molar-refractivity contribution in [3.05, 3.63) is 36.0 Å². The van der Waals surface area contributed by atoms with E-state index in [4.69, 9.17) is 0 Å². The first-order valence-electron chi connectivity index (χ1n) is 6.78. The first-order chi connectivity index (χ1) is 8.83. The summed E-state index contributed by atoms with van der Waals surface area (Å²) >= 11 is 0. The Hall–Kier alpha value is -1.32. The van der Waals surface area contributed by atoms with Gasteiger partial charge >= 0.3 is 0 Å². The Bertz CT molecular complexity index is 520. The van der Waals surface area contributed by atoms with Crippen LogP contribution in [0.25, 0.3) is 10.9 Å². The smallest absolute Gasteiger partial charge is 0.0667 e. The van der Waals surface area contributed by atoms with Gasteiger partial charge in [0.25, 0.3) is 0 Å². The second kappa shape index (κ2) is 5.12. The summed E-state index contributed by atoms with van der Waals surface area (Å²) in [5.74, 6) is 0. The number of aliphatic hydroxyl groups is 1. The van der Waals surface area contributed by atoms with Gasteiger partial charge < -0.3 is 15.0 Å². The van der Waals surface area contributed by atoms with Crippen LogP contribution in [0.3, 0.4) is 0 Å². The fourth-order valence-electron chi connectivity index (χ4n) is 2.85. The van der Waals surface area contributed by atoms with E-state index in [1.807, 2.05) is 0 Å². The van der Waals surface area contributed by atoms with Gasteiger partial charge in [0.1, 0.15) is 0 Å². The van der Waals surface area contributed by atoms with Crippen molar-refractivity contribution in [3.8, 4) is 0 Å². The highest BCUT2D eigenvalue weighted by Gasteiger charge is 2.17. The third-order valence-corrected chi connectivity index (χ3v) is 3.85. The van der Waals surface area contributed by atoms with Gasteiger partial charge in [-0.3, -0.25) is 0 Å². The average molecular weight is 244 g/mol. The summed E-state index contributed by atoms with van der Waals surface area (Å²) in [5.41, 5.74) is 2.59. The number of hydrogen-bond acceptors (Lipinski definition) is 2. The molecule has 2 aromatic rings. The number of β-amino-alcohol motifs (C(OH)–C–C–N with tert-alkyl or cyclic N) is 1. The lowest BCUT2D eigenvalue weighted by Gasteiger charge is -2.29. The number of fused-ring (bicyclic) bond motifs is 1. The lowest BCUT2D eigenvalue weighted by molar-refractivity contribution is 0.0714. The molecule has 1 aromatic heterocycles. The molecule has 0 bridgehead atoms. The lowest BCUT2D eigenvalue weighted by Crippen LogP contribution is -2.39. The molecule has 1 aliphatic rings. The molecule has 3 heteroatoms. The zero-order valence-corrected chi connectivity index (χ0v) is 10.6. The fraction of sp³-hybridized carbons (Fsp3) is 0.467. The molecule has 3 nitrogen and oxygen atoms in total. The Morgan fingerprint density at radius 1 is 1.33 bits per heavy atom. The second-order valence-electron chi connectivity index (χ2n) is 5.21. The van der Waals surface area contributed by atoms with Crippen LogP contribution in [0.15, 0.2) is 30.5 Å². The van der Waals surface area contributed by atoms with Gasteiger partial charge in [-0.2, -0.15) is 0 Å². The maximum atomic E-state index is 9.66. The molecule has 0 spiro atoms. The van der Waals surface area contributed by atoms with Crippen molar-refractivity contribution in [2.24, 2.45) is 0 Å². The summed E-state index contributed by atoms with van der Waals surface area (Å²) in [6.45, 7) is 3.00. The number of nitrogens with zero attached hydrogens (tertiary/aromatic N) is 1. The summed E-state index contributed by atoms with van der Waals surface area (Å²) in [7, 11) is 0. The number of nitrogens with one attached hydrogen (secondary N) is 1. The van der Waals surface area contributed by atoms with E-state index in [1.54, 1.807) is 0 Å².